The third-order valence-corrected chi connectivity index (χ3v) is 7.89. The van der Waals surface area contributed by atoms with Gasteiger partial charge in [0.15, 0.2) is 0 Å². The van der Waals surface area contributed by atoms with E-state index in [4.69, 9.17) is 4.74 Å². The van der Waals surface area contributed by atoms with E-state index in [1.165, 1.54) is 48.8 Å². The molecule has 7 nitrogen and oxygen atoms in total. The Balaban J connectivity index is 1.23. The lowest BCUT2D eigenvalue weighted by Gasteiger charge is -2.23. The molecule has 0 bridgehead atoms. The van der Waals surface area contributed by atoms with Crippen molar-refractivity contribution in [1.29, 1.82) is 0 Å². The fraction of sp³-hybridized carbons (Fsp3) is 0.600. The SMILES string of the molecule is COc1cc(CNC(=O)[C@H](C)NCc2ccccn2)c2c(c1)C(CNCCCNC1CCCCC1)CC2. The molecule has 1 saturated carbocycles. The summed E-state index contributed by atoms with van der Waals surface area (Å²) in [4.78, 5) is 17.1. The molecule has 0 aliphatic heterocycles. The summed E-state index contributed by atoms with van der Waals surface area (Å²) in [5.41, 5.74) is 4.84. The first-order chi connectivity index (χ1) is 18.1. The normalized spacial score (nSPS) is 18.4. The van der Waals surface area contributed by atoms with Crippen molar-refractivity contribution in [2.24, 2.45) is 0 Å². The van der Waals surface area contributed by atoms with Gasteiger partial charge in [0, 0.05) is 31.9 Å². The third-order valence-electron chi connectivity index (χ3n) is 7.89. The Bertz CT molecular complexity index is 977. The molecule has 1 amide bonds. The summed E-state index contributed by atoms with van der Waals surface area (Å²) in [6, 6.07) is 10.5. The van der Waals surface area contributed by atoms with Crippen molar-refractivity contribution >= 4 is 5.91 Å². The minimum absolute atomic E-state index is 0.00875. The quantitative estimate of drug-likeness (QED) is 0.291. The van der Waals surface area contributed by atoms with Gasteiger partial charge in [-0.25, -0.2) is 0 Å². The van der Waals surface area contributed by atoms with Crippen LogP contribution in [0.2, 0.25) is 0 Å². The molecule has 2 aliphatic rings. The summed E-state index contributed by atoms with van der Waals surface area (Å²) in [5, 5.41) is 13.8. The standard InChI is InChI=1S/C30H45N5O2/c1-22(34-21-26-11-6-7-15-33-26)30(36)35-20-24-17-27(37-2)18-29-23(12-13-28(24)29)19-31-14-8-16-32-25-9-4-3-5-10-25/h6-7,11,15,17-18,22-23,25,31-32,34H,3-5,8-10,12-14,16,19-21H2,1-2H3,(H,35,36)/t22-,23?/m0/s1. The van der Waals surface area contributed by atoms with E-state index in [1.54, 1.807) is 13.3 Å². The van der Waals surface area contributed by atoms with Crippen LogP contribution in [0.25, 0.3) is 0 Å². The van der Waals surface area contributed by atoms with Crippen LogP contribution >= 0.6 is 0 Å². The van der Waals surface area contributed by atoms with E-state index in [1.807, 2.05) is 25.1 Å². The van der Waals surface area contributed by atoms with Crippen molar-refractivity contribution < 1.29 is 9.53 Å². The largest absolute Gasteiger partial charge is 0.497 e. The maximum absolute atomic E-state index is 12.7. The molecule has 4 N–H and O–H groups in total. The monoisotopic (exact) mass is 507 g/mol. The molecule has 37 heavy (non-hydrogen) atoms. The first-order valence-corrected chi connectivity index (χ1v) is 14.2. The first-order valence-electron chi connectivity index (χ1n) is 14.2. The van der Waals surface area contributed by atoms with Crippen LogP contribution in [-0.2, 0) is 24.3 Å². The lowest BCUT2D eigenvalue weighted by Crippen LogP contribution is -2.41. The van der Waals surface area contributed by atoms with Crippen molar-refractivity contribution in [3.63, 3.8) is 0 Å². The number of benzene rings is 1. The molecule has 0 saturated heterocycles. The topological polar surface area (TPSA) is 87.3 Å². The van der Waals surface area contributed by atoms with Crippen LogP contribution in [0.5, 0.6) is 5.75 Å². The molecule has 0 radical (unpaired) electrons. The van der Waals surface area contributed by atoms with Gasteiger partial charge in [0.1, 0.15) is 5.75 Å². The van der Waals surface area contributed by atoms with Gasteiger partial charge in [-0.3, -0.25) is 9.78 Å². The van der Waals surface area contributed by atoms with E-state index < -0.39 is 0 Å². The number of pyridine rings is 1. The lowest BCUT2D eigenvalue weighted by molar-refractivity contribution is -0.122. The van der Waals surface area contributed by atoms with Crippen molar-refractivity contribution in [1.82, 2.24) is 26.3 Å². The average Bonchev–Trinajstić information content (AvgIpc) is 3.36. The Hall–Kier alpha value is -2.48. The molecule has 1 aromatic heterocycles. The summed E-state index contributed by atoms with van der Waals surface area (Å²) in [5.74, 6) is 1.35. The number of nitrogens with one attached hydrogen (secondary N) is 4. The molecule has 202 valence electrons. The highest BCUT2D eigenvalue weighted by atomic mass is 16.5. The van der Waals surface area contributed by atoms with Crippen LogP contribution in [0, 0.1) is 0 Å². The van der Waals surface area contributed by atoms with Crippen molar-refractivity contribution in [3.8, 4) is 5.75 Å². The van der Waals surface area contributed by atoms with Crippen molar-refractivity contribution in [2.45, 2.75) is 89.4 Å². The van der Waals surface area contributed by atoms with Gasteiger partial charge in [0.25, 0.3) is 0 Å². The molecule has 0 spiro atoms. The van der Waals surface area contributed by atoms with Crippen molar-refractivity contribution in [3.05, 3.63) is 58.9 Å². The number of methoxy groups -OCH3 is 1. The molecule has 1 unspecified atom stereocenters. The Morgan fingerprint density at radius 1 is 1.11 bits per heavy atom. The predicted octanol–water partition coefficient (Wildman–Crippen LogP) is 3.82. The van der Waals surface area contributed by atoms with Gasteiger partial charge < -0.3 is 26.0 Å². The molecule has 1 aromatic carbocycles. The van der Waals surface area contributed by atoms with Crippen LogP contribution in [-0.4, -0.2) is 49.7 Å². The summed E-state index contributed by atoms with van der Waals surface area (Å²) >= 11 is 0. The number of hydrogen-bond acceptors (Lipinski definition) is 6. The van der Waals surface area contributed by atoms with E-state index in [9.17, 15) is 4.79 Å². The smallest absolute Gasteiger partial charge is 0.237 e. The lowest BCUT2D eigenvalue weighted by atomic mass is 9.95. The van der Waals surface area contributed by atoms with E-state index in [2.05, 4.69) is 38.4 Å². The molecule has 4 rings (SSSR count). The highest BCUT2D eigenvalue weighted by Crippen LogP contribution is 2.37. The number of rotatable bonds is 14. The summed E-state index contributed by atoms with van der Waals surface area (Å²) < 4.78 is 5.62. The zero-order chi connectivity index (χ0) is 25.9. The van der Waals surface area contributed by atoms with Crippen LogP contribution in [0.15, 0.2) is 36.5 Å². The number of carbonyl (C=O) groups is 1. The van der Waals surface area contributed by atoms with Gasteiger partial charge >= 0.3 is 0 Å². The number of ether oxygens (including phenoxy) is 1. The summed E-state index contributed by atoms with van der Waals surface area (Å²) in [6.45, 7) is 6.11. The Kier molecular flexibility index (Phi) is 10.8. The van der Waals surface area contributed by atoms with Crippen LogP contribution in [0.1, 0.15) is 80.2 Å². The number of carbonyl (C=O) groups excluding carboxylic acids is 1. The highest BCUT2D eigenvalue weighted by molar-refractivity contribution is 5.81. The molecule has 1 heterocycles. The predicted molar refractivity (Wildman–Crippen MR) is 149 cm³/mol. The minimum Gasteiger partial charge on any atom is -0.497 e. The molecular formula is C30H45N5O2. The number of nitrogens with zero attached hydrogens (tertiary/aromatic N) is 1. The van der Waals surface area contributed by atoms with Crippen LogP contribution in [0.4, 0.5) is 0 Å². The highest BCUT2D eigenvalue weighted by Gasteiger charge is 2.26. The average molecular weight is 508 g/mol. The minimum atomic E-state index is -0.301. The Morgan fingerprint density at radius 3 is 2.76 bits per heavy atom. The Morgan fingerprint density at radius 2 is 1.97 bits per heavy atom. The molecule has 2 aliphatic carbocycles. The third kappa shape index (κ3) is 8.25. The zero-order valence-corrected chi connectivity index (χ0v) is 22.7. The van der Waals surface area contributed by atoms with Crippen LogP contribution in [0.3, 0.4) is 0 Å². The van der Waals surface area contributed by atoms with E-state index >= 15 is 0 Å². The second kappa shape index (κ2) is 14.5. The van der Waals surface area contributed by atoms with Gasteiger partial charge in [-0.05, 0) is 99.0 Å². The second-order valence-electron chi connectivity index (χ2n) is 10.6. The summed E-state index contributed by atoms with van der Waals surface area (Å²) in [7, 11) is 1.72. The van der Waals surface area contributed by atoms with E-state index in [0.717, 1.165) is 56.4 Å². The molecular weight excluding hydrogens is 462 g/mol. The zero-order valence-electron chi connectivity index (χ0n) is 22.7. The van der Waals surface area contributed by atoms with Crippen LogP contribution < -0.4 is 26.0 Å². The van der Waals surface area contributed by atoms with Crippen molar-refractivity contribution in [2.75, 3.05) is 26.7 Å². The maximum atomic E-state index is 12.7. The second-order valence-corrected chi connectivity index (χ2v) is 10.6. The number of aromatic nitrogens is 1. The van der Waals surface area contributed by atoms with Gasteiger partial charge in [0.05, 0.1) is 18.8 Å². The molecule has 1 fully saturated rings. The fourth-order valence-corrected chi connectivity index (χ4v) is 5.65. The summed E-state index contributed by atoms with van der Waals surface area (Å²) in [6.07, 6.45) is 12.0. The fourth-order valence-electron chi connectivity index (χ4n) is 5.65. The molecule has 2 aromatic rings. The Labute approximate surface area is 222 Å². The first kappa shape index (κ1) is 27.6. The van der Waals surface area contributed by atoms with Gasteiger partial charge in [-0.15, -0.1) is 0 Å². The van der Waals surface area contributed by atoms with Gasteiger partial charge in [-0.2, -0.15) is 0 Å². The number of fused-ring (bicyclic) bond motifs is 1. The molecule has 7 heteroatoms. The van der Waals surface area contributed by atoms with E-state index in [-0.39, 0.29) is 11.9 Å². The van der Waals surface area contributed by atoms with Gasteiger partial charge in [0.2, 0.25) is 5.91 Å². The number of hydrogen-bond donors (Lipinski definition) is 4. The number of amides is 1. The molecule has 2 atom stereocenters. The van der Waals surface area contributed by atoms with E-state index in [0.29, 0.717) is 19.0 Å². The van der Waals surface area contributed by atoms with Gasteiger partial charge in [-0.1, -0.05) is 25.3 Å². The maximum Gasteiger partial charge on any atom is 0.237 e.